The van der Waals surface area contributed by atoms with Gasteiger partial charge in [-0.05, 0) is 41.8 Å². The van der Waals surface area contributed by atoms with Crippen molar-refractivity contribution in [2.75, 3.05) is 26.2 Å². The van der Waals surface area contributed by atoms with Crippen molar-refractivity contribution in [3.05, 3.63) is 65.2 Å². The molecule has 5 nitrogen and oxygen atoms in total. The predicted molar refractivity (Wildman–Crippen MR) is 116 cm³/mol. The third-order valence-corrected chi connectivity index (χ3v) is 7.49. The Bertz CT molecular complexity index is 997. The van der Waals surface area contributed by atoms with Gasteiger partial charge in [0, 0.05) is 38.6 Å². The zero-order valence-corrected chi connectivity index (χ0v) is 17.5. The van der Waals surface area contributed by atoms with Crippen LogP contribution >= 0.6 is 11.3 Å². The standard InChI is InChI=1S/C23H26N4OS/c1-26-20(12-19(25-26)21-8-5-11-29-21)22(28)27-14-18-13-24-15-23(18,16-27)10-9-17-6-3-2-4-7-17/h2-8,11-12,18,24H,9-10,13-16H2,1H3. The summed E-state index contributed by atoms with van der Waals surface area (Å²) in [6, 6.07) is 16.7. The largest absolute Gasteiger partial charge is 0.336 e. The minimum atomic E-state index is 0.108. The Kier molecular flexibility index (Phi) is 4.76. The van der Waals surface area contributed by atoms with Crippen molar-refractivity contribution < 1.29 is 4.79 Å². The average Bonchev–Trinajstić information content (AvgIpc) is 3.49. The highest BCUT2D eigenvalue weighted by Gasteiger charge is 2.50. The quantitative estimate of drug-likeness (QED) is 0.706. The lowest BCUT2D eigenvalue weighted by Gasteiger charge is -2.28. The molecule has 4 heterocycles. The second kappa shape index (κ2) is 7.43. The van der Waals surface area contributed by atoms with E-state index in [4.69, 9.17) is 0 Å². The van der Waals surface area contributed by atoms with E-state index >= 15 is 0 Å². The van der Waals surface area contributed by atoms with E-state index < -0.39 is 0 Å². The highest BCUT2D eigenvalue weighted by molar-refractivity contribution is 7.13. The Balaban J connectivity index is 1.33. The number of thiophene rings is 1. The molecule has 2 fully saturated rings. The van der Waals surface area contributed by atoms with Gasteiger partial charge >= 0.3 is 0 Å². The van der Waals surface area contributed by atoms with Crippen LogP contribution in [0.2, 0.25) is 0 Å². The number of amides is 1. The molecule has 150 valence electrons. The summed E-state index contributed by atoms with van der Waals surface area (Å²) < 4.78 is 1.74. The second-order valence-electron chi connectivity index (χ2n) is 8.38. The molecule has 2 unspecified atom stereocenters. The summed E-state index contributed by atoms with van der Waals surface area (Å²) in [6.07, 6.45) is 2.18. The summed E-state index contributed by atoms with van der Waals surface area (Å²) in [4.78, 5) is 16.5. The molecule has 5 rings (SSSR count). The minimum Gasteiger partial charge on any atom is -0.336 e. The molecule has 0 saturated carbocycles. The molecule has 2 aliphatic rings. The maximum Gasteiger partial charge on any atom is 0.272 e. The van der Waals surface area contributed by atoms with E-state index in [1.165, 1.54) is 5.56 Å². The average molecular weight is 407 g/mol. The molecule has 0 spiro atoms. The van der Waals surface area contributed by atoms with Gasteiger partial charge in [-0.1, -0.05) is 36.4 Å². The molecule has 29 heavy (non-hydrogen) atoms. The van der Waals surface area contributed by atoms with Gasteiger partial charge in [0.1, 0.15) is 11.4 Å². The first-order valence-electron chi connectivity index (χ1n) is 10.3. The van der Waals surface area contributed by atoms with Crippen LogP contribution in [0.5, 0.6) is 0 Å². The molecule has 6 heteroatoms. The van der Waals surface area contributed by atoms with Crippen LogP contribution in [0.25, 0.3) is 10.6 Å². The van der Waals surface area contributed by atoms with Crippen molar-refractivity contribution in [1.29, 1.82) is 0 Å². The van der Waals surface area contributed by atoms with E-state index in [9.17, 15) is 4.79 Å². The number of nitrogens with zero attached hydrogens (tertiary/aromatic N) is 3. The van der Waals surface area contributed by atoms with E-state index in [-0.39, 0.29) is 11.3 Å². The van der Waals surface area contributed by atoms with Crippen molar-refractivity contribution in [3.63, 3.8) is 0 Å². The maximum absolute atomic E-state index is 13.3. The first-order chi connectivity index (χ1) is 14.1. The Morgan fingerprint density at radius 2 is 2.14 bits per heavy atom. The monoisotopic (exact) mass is 406 g/mol. The molecule has 0 bridgehead atoms. The van der Waals surface area contributed by atoms with E-state index in [2.05, 4.69) is 45.6 Å². The number of rotatable bonds is 5. The number of aryl methyl sites for hydroxylation is 2. The lowest BCUT2D eigenvalue weighted by atomic mass is 9.76. The third-order valence-electron chi connectivity index (χ3n) is 6.59. The molecule has 0 aliphatic carbocycles. The van der Waals surface area contributed by atoms with Gasteiger partial charge in [0.05, 0.1) is 4.88 Å². The first kappa shape index (κ1) is 18.6. The fraction of sp³-hybridized carbons (Fsp3) is 0.391. The number of hydrogen-bond donors (Lipinski definition) is 1. The SMILES string of the molecule is Cn1nc(-c2cccs2)cc1C(=O)N1CC2CNCC2(CCc2ccccc2)C1. The molecule has 3 aromatic rings. The molecule has 2 atom stereocenters. The molecule has 1 aromatic carbocycles. The van der Waals surface area contributed by atoms with Crippen molar-refractivity contribution in [3.8, 4) is 10.6 Å². The highest BCUT2D eigenvalue weighted by Crippen LogP contribution is 2.43. The Hall–Kier alpha value is -2.44. The van der Waals surface area contributed by atoms with Gasteiger partial charge in [-0.2, -0.15) is 5.10 Å². The van der Waals surface area contributed by atoms with Crippen LogP contribution < -0.4 is 5.32 Å². The fourth-order valence-electron chi connectivity index (χ4n) is 4.95. The Morgan fingerprint density at radius 3 is 2.93 bits per heavy atom. The summed E-state index contributed by atoms with van der Waals surface area (Å²) in [5.74, 6) is 0.636. The van der Waals surface area contributed by atoms with Gasteiger partial charge in [-0.15, -0.1) is 11.3 Å². The van der Waals surface area contributed by atoms with Gasteiger partial charge < -0.3 is 10.2 Å². The van der Waals surface area contributed by atoms with Crippen LogP contribution in [0, 0.1) is 11.3 Å². The van der Waals surface area contributed by atoms with Gasteiger partial charge in [0.2, 0.25) is 0 Å². The van der Waals surface area contributed by atoms with Crippen molar-refractivity contribution in [2.24, 2.45) is 18.4 Å². The van der Waals surface area contributed by atoms with Crippen molar-refractivity contribution in [2.45, 2.75) is 12.8 Å². The van der Waals surface area contributed by atoms with Crippen molar-refractivity contribution in [1.82, 2.24) is 20.0 Å². The summed E-state index contributed by atoms with van der Waals surface area (Å²) in [6.45, 7) is 3.67. The summed E-state index contributed by atoms with van der Waals surface area (Å²) >= 11 is 1.65. The number of benzene rings is 1. The minimum absolute atomic E-state index is 0.108. The molecular formula is C23H26N4OS. The topological polar surface area (TPSA) is 50.2 Å². The number of nitrogens with one attached hydrogen (secondary N) is 1. The molecule has 1 N–H and O–H groups in total. The highest BCUT2D eigenvalue weighted by atomic mass is 32.1. The van der Waals surface area contributed by atoms with Crippen LogP contribution in [0.1, 0.15) is 22.5 Å². The molecule has 2 aliphatic heterocycles. The van der Waals surface area contributed by atoms with E-state index in [1.807, 2.05) is 30.6 Å². The van der Waals surface area contributed by atoms with Crippen LogP contribution in [0.15, 0.2) is 53.9 Å². The number of carbonyl (C=O) groups excluding carboxylic acids is 1. The molecule has 2 aromatic heterocycles. The zero-order chi connectivity index (χ0) is 19.8. The summed E-state index contributed by atoms with van der Waals surface area (Å²) in [7, 11) is 1.87. The fourth-order valence-corrected chi connectivity index (χ4v) is 5.63. The number of hydrogen-bond acceptors (Lipinski definition) is 4. The summed E-state index contributed by atoms with van der Waals surface area (Å²) in [5, 5.41) is 10.2. The van der Waals surface area contributed by atoms with E-state index in [0.717, 1.165) is 49.6 Å². The van der Waals surface area contributed by atoms with Crippen LogP contribution in [0.3, 0.4) is 0 Å². The lowest BCUT2D eigenvalue weighted by molar-refractivity contribution is 0.0758. The molecule has 2 saturated heterocycles. The zero-order valence-electron chi connectivity index (χ0n) is 16.7. The molecular weight excluding hydrogens is 380 g/mol. The normalized spacial score (nSPS) is 23.5. The molecule has 1 amide bonds. The molecule has 0 radical (unpaired) electrons. The smallest absolute Gasteiger partial charge is 0.272 e. The third kappa shape index (κ3) is 3.40. The maximum atomic E-state index is 13.3. The Morgan fingerprint density at radius 1 is 1.28 bits per heavy atom. The van der Waals surface area contributed by atoms with Crippen LogP contribution in [-0.2, 0) is 13.5 Å². The van der Waals surface area contributed by atoms with Gasteiger partial charge in [-0.25, -0.2) is 0 Å². The van der Waals surface area contributed by atoms with Crippen molar-refractivity contribution >= 4 is 17.2 Å². The Labute approximate surface area is 175 Å². The van der Waals surface area contributed by atoms with Crippen LogP contribution in [-0.4, -0.2) is 46.8 Å². The number of carbonyl (C=O) groups is 1. The van der Waals surface area contributed by atoms with Gasteiger partial charge in [0.25, 0.3) is 5.91 Å². The second-order valence-corrected chi connectivity index (χ2v) is 9.32. The number of likely N-dealkylation sites (tertiary alicyclic amines) is 1. The number of aromatic nitrogens is 2. The van der Waals surface area contributed by atoms with Gasteiger partial charge in [0.15, 0.2) is 0 Å². The van der Waals surface area contributed by atoms with Crippen LogP contribution in [0.4, 0.5) is 0 Å². The first-order valence-corrected chi connectivity index (χ1v) is 11.1. The number of fused-ring (bicyclic) bond motifs is 1. The van der Waals surface area contributed by atoms with E-state index in [1.54, 1.807) is 16.0 Å². The van der Waals surface area contributed by atoms with Gasteiger partial charge in [-0.3, -0.25) is 9.48 Å². The predicted octanol–water partition coefficient (Wildman–Crippen LogP) is 3.44. The summed E-state index contributed by atoms with van der Waals surface area (Å²) in [5.41, 5.74) is 3.12. The lowest BCUT2D eigenvalue weighted by Crippen LogP contribution is -2.36. The van der Waals surface area contributed by atoms with E-state index in [0.29, 0.717) is 11.6 Å².